The van der Waals surface area contributed by atoms with Gasteiger partial charge in [0.25, 0.3) is 0 Å². The van der Waals surface area contributed by atoms with Crippen LogP contribution in [0.15, 0.2) is 0 Å². The molecule has 0 radical (unpaired) electrons. The topological polar surface area (TPSA) is 35.5 Å². The molecule has 1 aliphatic rings. The van der Waals surface area contributed by atoms with Crippen LogP contribution in [-0.4, -0.2) is 32.2 Å². The fourth-order valence-electron chi connectivity index (χ4n) is 2.21. The number of carbonyl (C=O) groups excluding carboxylic acids is 1. The largest absolute Gasteiger partial charge is 0.382 e. The molecule has 1 aliphatic carbocycles. The van der Waals surface area contributed by atoms with Crippen LogP contribution in [-0.2, 0) is 14.3 Å². The lowest BCUT2D eigenvalue weighted by atomic mass is 9.61. The summed E-state index contributed by atoms with van der Waals surface area (Å²) >= 11 is 0. The van der Waals surface area contributed by atoms with Gasteiger partial charge in [0, 0.05) is 13.5 Å². The van der Waals surface area contributed by atoms with Crippen LogP contribution >= 0.6 is 0 Å². The molecule has 3 heteroatoms. The van der Waals surface area contributed by atoms with E-state index in [0.29, 0.717) is 25.4 Å². The second-order valence-electron chi connectivity index (χ2n) is 3.84. The van der Waals surface area contributed by atoms with Gasteiger partial charge < -0.3 is 9.47 Å². The molecule has 0 N–H and O–H groups in total. The minimum absolute atomic E-state index is 0.125. The summed E-state index contributed by atoms with van der Waals surface area (Å²) in [5.41, 5.74) is -0.187. The SMILES string of the molecule is CCC1(CC)C(=O)CC1OCCOC. The Morgan fingerprint density at radius 3 is 2.43 bits per heavy atom. The van der Waals surface area contributed by atoms with Crippen molar-refractivity contribution in [3.05, 3.63) is 0 Å². The van der Waals surface area contributed by atoms with E-state index < -0.39 is 0 Å². The molecule has 0 spiro atoms. The summed E-state index contributed by atoms with van der Waals surface area (Å²) in [5.74, 6) is 0.366. The van der Waals surface area contributed by atoms with Crippen molar-refractivity contribution in [2.75, 3.05) is 20.3 Å². The van der Waals surface area contributed by atoms with Gasteiger partial charge in [-0.05, 0) is 12.8 Å². The number of Topliss-reactive ketones (excluding diaryl/α,β-unsaturated/α-hetero) is 1. The van der Waals surface area contributed by atoms with E-state index in [1.54, 1.807) is 7.11 Å². The minimum Gasteiger partial charge on any atom is -0.382 e. The third-order valence-electron chi connectivity index (χ3n) is 3.41. The summed E-state index contributed by atoms with van der Waals surface area (Å²) in [4.78, 5) is 11.5. The van der Waals surface area contributed by atoms with E-state index >= 15 is 0 Å². The van der Waals surface area contributed by atoms with Crippen molar-refractivity contribution in [2.24, 2.45) is 5.41 Å². The number of methoxy groups -OCH3 is 1. The predicted molar refractivity (Wildman–Crippen MR) is 54.3 cm³/mol. The molecule has 1 rings (SSSR count). The monoisotopic (exact) mass is 200 g/mol. The van der Waals surface area contributed by atoms with E-state index in [2.05, 4.69) is 13.8 Å². The van der Waals surface area contributed by atoms with E-state index in [9.17, 15) is 4.79 Å². The van der Waals surface area contributed by atoms with Crippen molar-refractivity contribution >= 4 is 5.78 Å². The summed E-state index contributed by atoms with van der Waals surface area (Å²) in [6.07, 6.45) is 2.49. The second-order valence-corrected chi connectivity index (χ2v) is 3.84. The van der Waals surface area contributed by atoms with Gasteiger partial charge in [0.15, 0.2) is 0 Å². The summed E-state index contributed by atoms with van der Waals surface area (Å²) in [6.45, 7) is 5.32. The Morgan fingerprint density at radius 2 is 2.00 bits per heavy atom. The molecule has 3 nitrogen and oxygen atoms in total. The Morgan fingerprint density at radius 1 is 1.36 bits per heavy atom. The molecule has 1 atom stereocenters. The molecule has 0 aromatic rings. The van der Waals surface area contributed by atoms with Gasteiger partial charge in [-0.15, -0.1) is 0 Å². The lowest BCUT2D eigenvalue weighted by Gasteiger charge is -2.46. The van der Waals surface area contributed by atoms with Crippen LogP contribution in [0.4, 0.5) is 0 Å². The van der Waals surface area contributed by atoms with Gasteiger partial charge in [-0.25, -0.2) is 0 Å². The molecule has 0 amide bonds. The van der Waals surface area contributed by atoms with Crippen molar-refractivity contribution in [1.82, 2.24) is 0 Å². The van der Waals surface area contributed by atoms with Crippen LogP contribution in [0.5, 0.6) is 0 Å². The van der Waals surface area contributed by atoms with Gasteiger partial charge in [-0.2, -0.15) is 0 Å². The van der Waals surface area contributed by atoms with Crippen LogP contribution < -0.4 is 0 Å². The average molecular weight is 200 g/mol. The first-order valence-corrected chi connectivity index (χ1v) is 5.35. The third kappa shape index (κ3) is 1.84. The Labute approximate surface area is 85.8 Å². The summed E-state index contributed by atoms with van der Waals surface area (Å²) in [7, 11) is 1.65. The molecule has 1 saturated carbocycles. The summed E-state index contributed by atoms with van der Waals surface area (Å²) in [5, 5.41) is 0. The Bertz CT molecular complexity index is 197. The van der Waals surface area contributed by atoms with Crippen LogP contribution in [0.1, 0.15) is 33.1 Å². The highest BCUT2D eigenvalue weighted by molar-refractivity contribution is 5.92. The van der Waals surface area contributed by atoms with E-state index in [-0.39, 0.29) is 11.5 Å². The van der Waals surface area contributed by atoms with E-state index in [1.807, 2.05) is 0 Å². The first-order chi connectivity index (χ1) is 6.71. The quantitative estimate of drug-likeness (QED) is 0.613. The van der Waals surface area contributed by atoms with Crippen molar-refractivity contribution < 1.29 is 14.3 Å². The molecule has 1 fully saturated rings. The molecule has 0 bridgehead atoms. The van der Waals surface area contributed by atoms with Gasteiger partial charge in [0.2, 0.25) is 0 Å². The Balaban J connectivity index is 2.43. The highest BCUT2D eigenvalue weighted by atomic mass is 16.5. The zero-order valence-electron chi connectivity index (χ0n) is 9.34. The highest BCUT2D eigenvalue weighted by Gasteiger charge is 2.52. The highest BCUT2D eigenvalue weighted by Crippen LogP contribution is 2.45. The molecule has 14 heavy (non-hydrogen) atoms. The van der Waals surface area contributed by atoms with Crippen LogP contribution in [0.2, 0.25) is 0 Å². The lowest BCUT2D eigenvalue weighted by molar-refractivity contribution is -0.166. The number of hydrogen-bond donors (Lipinski definition) is 0. The minimum atomic E-state index is -0.187. The summed E-state index contributed by atoms with van der Waals surface area (Å²) < 4.78 is 10.6. The van der Waals surface area contributed by atoms with Gasteiger partial charge in [0.1, 0.15) is 5.78 Å². The Hall–Kier alpha value is -0.410. The smallest absolute Gasteiger partial charge is 0.144 e. The van der Waals surface area contributed by atoms with Crippen molar-refractivity contribution in [3.63, 3.8) is 0 Å². The van der Waals surface area contributed by atoms with Gasteiger partial charge >= 0.3 is 0 Å². The molecule has 82 valence electrons. The number of hydrogen-bond acceptors (Lipinski definition) is 3. The average Bonchev–Trinajstić information content (AvgIpc) is 2.19. The van der Waals surface area contributed by atoms with E-state index in [1.165, 1.54) is 0 Å². The van der Waals surface area contributed by atoms with Gasteiger partial charge in [0.05, 0.1) is 24.7 Å². The van der Waals surface area contributed by atoms with Gasteiger partial charge in [-0.1, -0.05) is 13.8 Å². The maximum Gasteiger partial charge on any atom is 0.144 e. The number of carbonyl (C=O) groups is 1. The van der Waals surface area contributed by atoms with Crippen LogP contribution in [0.3, 0.4) is 0 Å². The molecular weight excluding hydrogens is 180 g/mol. The zero-order chi connectivity index (χ0) is 10.6. The predicted octanol–water partition coefficient (Wildman–Crippen LogP) is 1.80. The van der Waals surface area contributed by atoms with Crippen molar-refractivity contribution in [3.8, 4) is 0 Å². The van der Waals surface area contributed by atoms with Gasteiger partial charge in [-0.3, -0.25) is 4.79 Å². The van der Waals surface area contributed by atoms with Crippen molar-refractivity contribution in [1.29, 1.82) is 0 Å². The van der Waals surface area contributed by atoms with Crippen LogP contribution in [0.25, 0.3) is 0 Å². The molecule has 0 aromatic heterocycles. The maximum absolute atomic E-state index is 11.5. The molecule has 1 unspecified atom stereocenters. The number of rotatable bonds is 6. The summed E-state index contributed by atoms with van der Waals surface area (Å²) in [6, 6.07) is 0. The second kappa shape index (κ2) is 4.89. The molecule has 0 aliphatic heterocycles. The first kappa shape index (κ1) is 11.7. The lowest BCUT2D eigenvalue weighted by Crippen LogP contribution is -2.54. The third-order valence-corrected chi connectivity index (χ3v) is 3.41. The zero-order valence-corrected chi connectivity index (χ0v) is 9.34. The molecule has 0 saturated heterocycles. The molecule has 0 heterocycles. The molecular formula is C11H20O3. The maximum atomic E-state index is 11.5. The Kier molecular flexibility index (Phi) is 4.08. The van der Waals surface area contributed by atoms with E-state index in [0.717, 1.165) is 12.8 Å². The number of ether oxygens (including phenoxy) is 2. The number of ketones is 1. The standard InChI is InChI=1S/C11H20O3/c1-4-11(5-2)9(12)8-10(11)14-7-6-13-3/h10H,4-8H2,1-3H3. The molecule has 0 aromatic carbocycles. The first-order valence-electron chi connectivity index (χ1n) is 5.35. The normalized spacial score (nSPS) is 24.8. The van der Waals surface area contributed by atoms with Crippen LogP contribution in [0, 0.1) is 5.41 Å². The fraction of sp³-hybridized carbons (Fsp3) is 0.909. The fourth-order valence-corrected chi connectivity index (χ4v) is 2.21. The van der Waals surface area contributed by atoms with E-state index in [4.69, 9.17) is 9.47 Å². The van der Waals surface area contributed by atoms with Crippen molar-refractivity contribution in [2.45, 2.75) is 39.2 Å².